The molecule has 0 saturated carbocycles. The van der Waals surface area contributed by atoms with Gasteiger partial charge in [0.2, 0.25) is 5.91 Å². The maximum atomic E-state index is 12.5. The molecule has 0 aromatic heterocycles. The lowest BCUT2D eigenvalue weighted by molar-refractivity contribution is -0.136. The van der Waals surface area contributed by atoms with E-state index >= 15 is 0 Å². The standard InChI is InChI=1S/C15H22N2O3/c1-10(15(19-2)20-3)17-14(18)12-8-9-16-13-7-5-4-6-11(12)13/h4-7,10,12,15-16H,8-9H2,1-3H3,(H,17,18). The van der Waals surface area contributed by atoms with Gasteiger partial charge in [-0.3, -0.25) is 4.79 Å². The lowest BCUT2D eigenvalue weighted by Crippen LogP contribution is -2.45. The Morgan fingerprint density at radius 2 is 2.05 bits per heavy atom. The van der Waals surface area contributed by atoms with Gasteiger partial charge in [0, 0.05) is 26.5 Å². The average Bonchev–Trinajstić information content (AvgIpc) is 2.47. The molecular weight excluding hydrogens is 256 g/mol. The Labute approximate surface area is 119 Å². The first-order chi connectivity index (χ1) is 9.67. The van der Waals surface area contributed by atoms with Gasteiger partial charge in [0.25, 0.3) is 0 Å². The fourth-order valence-electron chi connectivity index (χ4n) is 2.64. The Morgan fingerprint density at radius 1 is 1.35 bits per heavy atom. The minimum absolute atomic E-state index is 0.0190. The zero-order chi connectivity index (χ0) is 14.5. The minimum Gasteiger partial charge on any atom is -0.385 e. The van der Waals surface area contributed by atoms with Crippen molar-refractivity contribution in [1.29, 1.82) is 0 Å². The van der Waals surface area contributed by atoms with E-state index in [2.05, 4.69) is 10.6 Å². The summed E-state index contributed by atoms with van der Waals surface area (Å²) in [4.78, 5) is 12.5. The summed E-state index contributed by atoms with van der Waals surface area (Å²) in [6, 6.07) is 7.74. The molecular formula is C15H22N2O3. The molecule has 0 spiro atoms. The summed E-state index contributed by atoms with van der Waals surface area (Å²) in [6.07, 6.45) is 0.358. The first kappa shape index (κ1) is 14.8. The van der Waals surface area contributed by atoms with Crippen molar-refractivity contribution in [3.05, 3.63) is 29.8 Å². The molecule has 5 heteroatoms. The Morgan fingerprint density at radius 3 is 2.75 bits per heavy atom. The molecule has 1 amide bonds. The van der Waals surface area contributed by atoms with Crippen LogP contribution in [0.15, 0.2) is 24.3 Å². The molecule has 1 heterocycles. The molecule has 20 heavy (non-hydrogen) atoms. The van der Waals surface area contributed by atoms with E-state index in [0.717, 1.165) is 24.2 Å². The van der Waals surface area contributed by atoms with E-state index in [4.69, 9.17) is 9.47 Å². The maximum Gasteiger partial charge on any atom is 0.228 e. The normalized spacial score (nSPS) is 19.1. The van der Waals surface area contributed by atoms with Gasteiger partial charge in [0.1, 0.15) is 0 Å². The van der Waals surface area contributed by atoms with Gasteiger partial charge in [0.05, 0.1) is 12.0 Å². The van der Waals surface area contributed by atoms with Crippen LogP contribution in [0.25, 0.3) is 0 Å². The summed E-state index contributed by atoms with van der Waals surface area (Å²) in [5.74, 6) is -0.102. The Balaban J connectivity index is 2.07. The van der Waals surface area contributed by atoms with Crippen molar-refractivity contribution in [2.75, 3.05) is 26.1 Å². The number of amides is 1. The fraction of sp³-hybridized carbons (Fsp3) is 0.533. The molecule has 2 atom stereocenters. The zero-order valence-corrected chi connectivity index (χ0v) is 12.2. The van der Waals surface area contributed by atoms with Crippen LogP contribution in [0.4, 0.5) is 5.69 Å². The lowest BCUT2D eigenvalue weighted by Gasteiger charge is -2.28. The number of rotatable bonds is 5. The fourth-order valence-corrected chi connectivity index (χ4v) is 2.64. The summed E-state index contributed by atoms with van der Waals surface area (Å²) >= 11 is 0. The van der Waals surface area contributed by atoms with Crippen molar-refractivity contribution in [2.45, 2.75) is 31.6 Å². The first-order valence-electron chi connectivity index (χ1n) is 6.86. The molecule has 1 aromatic rings. The quantitative estimate of drug-likeness (QED) is 0.805. The van der Waals surface area contributed by atoms with Crippen molar-refractivity contribution < 1.29 is 14.3 Å². The molecule has 2 rings (SSSR count). The number of hydrogen-bond acceptors (Lipinski definition) is 4. The van der Waals surface area contributed by atoms with Crippen LogP contribution in [0.2, 0.25) is 0 Å². The number of anilines is 1. The number of nitrogens with one attached hydrogen (secondary N) is 2. The third-order valence-corrected chi connectivity index (χ3v) is 3.64. The number of carbonyl (C=O) groups is 1. The second-order valence-electron chi connectivity index (χ2n) is 4.99. The van der Waals surface area contributed by atoms with Crippen LogP contribution in [-0.2, 0) is 14.3 Å². The number of fused-ring (bicyclic) bond motifs is 1. The number of ether oxygens (including phenoxy) is 2. The number of methoxy groups -OCH3 is 2. The van der Waals surface area contributed by atoms with E-state index in [1.165, 1.54) is 0 Å². The van der Waals surface area contributed by atoms with Crippen molar-refractivity contribution in [1.82, 2.24) is 5.32 Å². The van der Waals surface area contributed by atoms with Gasteiger partial charge in [-0.15, -0.1) is 0 Å². The van der Waals surface area contributed by atoms with Crippen LogP contribution in [-0.4, -0.2) is 39.0 Å². The predicted molar refractivity (Wildman–Crippen MR) is 77.7 cm³/mol. The van der Waals surface area contributed by atoms with Gasteiger partial charge in [-0.25, -0.2) is 0 Å². The van der Waals surface area contributed by atoms with Crippen LogP contribution in [0.1, 0.15) is 24.8 Å². The largest absolute Gasteiger partial charge is 0.385 e. The number of hydrogen-bond donors (Lipinski definition) is 2. The van der Waals surface area contributed by atoms with E-state index in [1.54, 1.807) is 14.2 Å². The van der Waals surface area contributed by atoms with Crippen LogP contribution < -0.4 is 10.6 Å². The summed E-state index contributed by atoms with van der Waals surface area (Å²) < 4.78 is 10.3. The topological polar surface area (TPSA) is 59.6 Å². The maximum absolute atomic E-state index is 12.5. The predicted octanol–water partition coefficient (Wildman–Crippen LogP) is 1.71. The Hall–Kier alpha value is -1.59. The highest BCUT2D eigenvalue weighted by atomic mass is 16.7. The van der Waals surface area contributed by atoms with Crippen molar-refractivity contribution in [3.63, 3.8) is 0 Å². The second kappa shape index (κ2) is 6.72. The first-order valence-corrected chi connectivity index (χ1v) is 6.86. The third kappa shape index (κ3) is 3.11. The summed E-state index contributed by atoms with van der Waals surface area (Å²) in [6.45, 7) is 2.68. The third-order valence-electron chi connectivity index (χ3n) is 3.64. The zero-order valence-electron chi connectivity index (χ0n) is 12.2. The second-order valence-corrected chi connectivity index (χ2v) is 4.99. The van der Waals surface area contributed by atoms with Gasteiger partial charge in [0.15, 0.2) is 6.29 Å². The molecule has 2 unspecified atom stereocenters. The Kier molecular flexibility index (Phi) is 4.98. The molecule has 110 valence electrons. The summed E-state index contributed by atoms with van der Waals surface area (Å²) in [5.41, 5.74) is 2.09. The summed E-state index contributed by atoms with van der Waals surface area (Å²) in [7, 11) is 3.13. The lowest BCUT2D eigenvalue weighted by atomic mass is 9.90. The van der Waals surface area contributed by atoms with Crippen molar-refractivity contribution in [3.8, 4) is 0 Å². The van der Waals surface area contributed by atoms with E-state index in [9.17, 15) is 4.79 Å². The van der Waals surface area contributed by atoms with Crippen LogP contribution >= 0.6 is 0 Å². The monoisotopic (exact) mass is 278 g/mol. The molecule has 1 aliphatic rings. The highest BCUT2D eigenvalue weighted by molar-refractivity contribution is 5.86. The number of para-hydroxylation sites is 1. The molecule has 0 radical (unpaired) electrons. The minimum atomic E-state index is -0.434. The molecule has 0 aliphatic carbocycles. The van der Waals surface area contributed by atoms with Crippen molar-refractivity contribution >= 4 is 11.6 Å². The Bertz CT molecular complexity index is 460. The van der Waals surface area contributed by atoms with Gasteiger partial charge >= 0.3 is 0 Å². The molecule has 0 saturated heterocycles. The van der Waals surface area contributed by atoms with E-state index in [0.29, 0.717) is 0 Å². The van der Waals surface area contributed by atoms with Gasteiger partial charge in [-0.1, -0.05) is 18.2 Å². The molecule has 2 N–H and O–H groups in total. The van der Waals surface area contributed by atoms with Gasteiger partial charge in [-0.05, 0) is 25.0 Å². The van der Waals surface area contributed by atoms with Crippen LogP contribution in [0.3, 0.4) is 0 Å². The van der Waals surface area contributed by atoms with Gasteiger partial charge in [-0.2, -0.15) is 0 Å². The summed E-state index contributed by atoms with van der Waals surface area (Å²) in [5, 5.41) is 6.29. The molecule has 1 aromatic carbocycles. The highest BCUT2D eigenvalue weighted by Gasteiger charge is 2.28. The SMILES string of the molecule is COC(OC)C(C)NC(=O)C1CCNc2ccccc21. The van der Waals surface area contributed by atoms with Crippen LogP contribution in [0, 0.1) is 0 Å². The van der Waals surface area contributed by atoms with E-state index < -0.39 is 6.29 Å². The molecule has 0 fully saturated rings. The van der Waals surface area contributed by atoms with Crippen LogP contribution in [0.5, 0.6) is 0 Å². The number of benzene rings is 1. The van der Waals surface area contributed by atoms with Gasteiger partial charge < -0.3 is 20.1 Å². The molecule has 5 nitrogen and oxygen atoms in total. The highest BCUT2D eigenvalue weighted by Crippen LogP contribution is 2.31. The van der Waals surface area contributed by atoms with E-state index in [1.807, 2.05) is 31.2 Å². The molecule has 0 bridgehead atoms. The van der Waals surface area contributed by atoms with E-state index in [-0.39, 0.29) is 17.9 Å². The average molecular weight is 278 g/mol. The number of carbonyl (C=O) groups excluding carboxylic acids is 1. The smallest absolute Gasteiger partial charge is 0.228 e. The van der Waals surface area contributed by atoms with Crippen molar-refractivity contribution in [2.24, 2.45) is 0 Å². The molecule has 1 aliphatic heterocycles.